The lowest BCUT2D eigenvalue weighted by Gasteiger charge is -2.24. The van der Waals surface area contributed by atoms with E-state index in [2.05, 4.69) is 0 Å². The summed E-state index contributed by atoms with van der Waals surface area (Å²) in [6, 6.07) is 18.8. The van der Waals surface area contributed by atoms with E-state index >= 15 is 0 Å². The average Bonchev–Trinajstić information content (AvgIpc) is 2.81. The molecular weight excluding hydrogens is 264 g/mol. The Hall–Kier alpha value is -2.88. The van der Waals surface area contributed by atoms with Gasteiger partial charge in [-0.3, -0.25) is 9.59 Å². The molecule has 104 valence electrons. The number of benzene rings is 2. The van der Waals surface area contributed by atoms with E-state index in [1.807, 2.05) is 54.6 Å². The van der Waals surface area contributed by atoms with Crippen LogP contribution in [-0.4, -0.2) is 16.8 Å². The third-order valence-electron chi connectivity index (χ3n) is 3.22. The van der Waals surface area contributed by atoms with Gasteiger partial charge < -0.3 is 0 Å². The molecule has 2 aromatic carbocycles. The molecule has 0 atom stereocenters. The van der Waals surface area contributed by atoms with Gasteiger partial charge in [-0.15, -0.1) is 0 Å². The molecule has 1 saturated heterocycles. The molecule has 0 bridgehead atoms. The standard InChI is InChI=1S/C17H14N2O2/c20-16-13-17(21)19(15-9-5-2-6-10-15)18(16)12-11-14-7-3-1-4-8-14/h1-12H,13H2. The quantitative estimate of drug-likeness (QED) is 0.810. The van der Waals surface area contributed by atoms with Crippen molar-refractivity contribution in [3.8, 4) is 0 Å². The fourth-order valence-corrected chi connectivity index (χ4v) is 2.23. The predicted octanol–water partition coefficient (Wildman–Crippen LogP) is 2.84. The number of carbonyl (C=O) groups is 2. The molecule has 2 amide bonds. The van der Waals surface area contributed by atoms with Gasteiger partial charge >= 0.3 is 0 Å². The van der Waals surface area contributed by atoms with Crippen molar-refractivity contribution >= 4 is 23.6 Å². The fraction of sp³-hybridized carbons (Fsp3) is 0.0588. The topological polar surface area (TPSA) is 40.6 Å². The van der Waals surface area contributed by atoms with Crippen LogP contribution in [0.3, 0.4) is 0 Å². The van der Waals surface area contributed by atoms with E-state index in [1.165, 1.54) is 10.0 Å². The Morgan fingerprint density at radius 3 is 2.10 bits per heavy atom. The molecule has 21 heavy (non-hydrogen) atoms. The average molecular weight is 278 g/mol. The van der Waals surface area contributed by atoms with Crippen LogP contribution in [0.25, 0.3) is 6.08 Å². The summed E-state index contributed by atoms with van der Waals surface area (Å²) in [6.45, 7) is 0. The van der Waals surface area contributed by atoms with Crippen molar-refractivity contribution < 1.29 is 9.59 Å². The third-order valence-corrected chi connectivity index (χ3v) is 3.22. The van der Waals surface area contributed by atoms with Crippen LogP contribution < -0.4 is 5.01 Å². The lowest BCUT2D eigenvalue weighted by atomic mass is 10.2. The first kappa shape index (κ1) is 13.1. The molecule has 0 radical (unpaired) electrons. The first-order chi connectivity index (χ1) is 10.3. The molecule has 1 heterocycles. The van der Waals surface area contributed by atoms with E-state index in [0.717, 1.165) is 5.56 Å². The summed E-state index contributed by atoms with van der Waals surface area (Å²) >= 11 is 0. The minimum Gasteiger partial charge on any atom is -0.272 e. The highest BCUT2D eigenvalue weighted by Gasteiger charge is 2.35. The second kappa shape index (κ2) is 5.63. The smallest absolute Gasteiger partial charge is 0.255 e. The van der Waals surface area contributed by atoms with Crippen LogP contribution in [0.1, 0.15) is 12.0 Å². The zero-order valence-electron chi connectivity index (χ0n) is 11.3. The van der Waals surface area contributed by atoms with Crippen molar-refractivity contribution in [3.05, 3.63) is 72.4 Å². The molecular formula is C17H14N2O2. The highest BCUT2D eigenvalue weighted by atomic mass is 16.2. The van der Waals surface area contributed by atoms with Crippen molar-refractivity contribution in [1.29, 1.82) is 0 Å². The Kier molecular flexibility index (Phi) is 3.51. The Bertz CT molecular complexity index is 680. The molecule has 0 spiro atoms. The van der Waals surface area contributed by atoms with E-state index in [4.69, 9.17) is 0 Å². The van der Waals surface area contributed by atoms with Gasteiger partial charge in [0.1, 0.15) is 6.42 Å². The summed E-state index contributed by atoms with van der Waals surface area (Å²) in [7, 11) is 0. The maximum atomic E-state index is 12.0. The number of rotatable bonds is 3. The summed E-state index contributed by atoms with van der Waals surface area (Å²) in [6.07, 6.45) is 3.34. The number of hydrogen-bond donors (Lipinski definition) is 0. The van der Waals surface area contributed by atoms with Gasteiger partial charge in [0.25, 0.3) is 11.8 Å². The lowest BCUT2D eigenvalue weighted by molar-refractivity contribution is -0.126. The van der Waals surface area contributed by atoms with Crippen LogP contribution in [0.15, 0.2) is 66.9 Å². The third kappa shape index (κ3) is 2.69. The van der Waals surface area contributed by atoms with E-state index in [1.54, 1.807) is 18.3 Å². The predicted molar refractivity (Wildman–Crippen MR) is 80.9 cm³/mol. The fourth-order valence-electron chi connectivity index (χ4n) is 2.23. The normalized spacial score (nSPS) is 15.2. The zero-order chi connectivity index (χ0) is 14.7. The van der Waals surface area contributed by atoms with Crippen molar-refractivity contribution in [2.75, 3.05) is 5.01 Å². The van der Waals surface area contributed by atoms with Gasteiger partial charge in [0.15, 0.2) is 0 Å². The van der Waals surface area contributed by atoms with Crippen LogP contribution in [-0.2, 0) is 9.59 Å². The number of nitrogens with zero attached hydrogens (tertiary/aromatic N) is 2. The van der Waals surface area contributed by atoms with E-state index in [9.17, 15) is 9.59 Å². The van der Waals surface area contributed by atoms with E-state index in [-0.39, 0.29) is 18.2 Å². The van der Waals surface area contributed by atoms with Gasteiger partial charge in [-0.2, -0.15) is 0 Å². The molecule has 0 aliphatic carbocycles. The van der Waals surface area contributed by atoms with E-state index in [0.29, 0.717) is 5.69 Å². The van der Waals surface area contributed by atoms with Crippen LogP contribution in [0.2, 0.25) is 0 Å². The Morgan fingerprint density at radius 1 is 0.810 bits per heavy atom. The summed E-state index contributed by atoms with van der Waals surface area (Å²) < 4.78 is 0. The Labute approximate surface area is 122 Å². The van der Waals surface area contributed by atoms with Crippen molar-refractivity contribution in [1.82, 2.24) is 5.01 Å². The zero-order valence-corrected chi connectivity index (χ0v) is 11.3. The number of carbonyl (C=O) groups excluding carboxylic acids is 2. The first-order valence-electron chi connectivity index (χ1n) is 6.69. The number of hydrogen-bond acceptors (Lipinski definition) is 2. The van der Waals surface area contributed by atoms with Gasteiger partial charge in [0.05, 0.1) is 5.69 Å². The molecule has 1 fully saturated rings. The van der Waals surface area contributed by atoms with Crippen LogP contribution in [0, 0.1) is 0 Å². The minimum atomic E-state index is -0.226. The molecule has 2 aromatic rings. The minimum absolute atomic E-state index is 0.103. The second-order valence-corrected chi connectivity index (χ2v) is 4.68. The number of para-hydroxylation sites is 1. The van der Waals surface area contributed by atoms with Gasteiger partial charge in [-0.25, -0.2) is 10.0 Å². The number of amides is 2. The second-order valence-electron chi connectivity index (χ2n) is 4.68. The maximum Gasteiger partial charge on any atom is 0.255 e. The summed E-state index contributed by atoms with van der Waals surface area (Å²) in [5, 5.41) is 2.77. The van der Waals surface area contributed by atoms with E-state index < -0.39 is 0 Å². The van der Waals surface area contributed by atoms with Crippen LogP contribution >= 0.6 is 0 Å². The summed E-state index contributed by atoms with van der Waals surface area (Å²) in [5.41, 5.74) is 1.66. The number of anilines is 1. The van der Waals surface area contributed by atoms with Gasteiger partial charge in [0.2, 0.25) is 0 Å². The molecule has 0 N–H and O–H groups in total. The molecule has 0 aromatic heterocycles. The molecule has 3 rings (SSSR count). The van der Waals surface area contributed by atoms with Crippen LogP contribution in [0.4, 0.5) is 5.69 Å². The maximum absolute atomic E-state index is 12.0. The van der Waals surface area contributed by atoms with Crippen molar-refractivity contribution in [2.24, 2.45) is 0 Å². The molecule has 4 nitrogen and oxygen atoms in total. The summed E-state index contributed by atoms with van der Waals surface area (Å²) in [5.74, 6) is -0.444. The largest absolute Gasteiger partial charge is 0.272 e. The van der Waals surface area contributed by atoms with Crippen LogP contribution in [0.5, 0.6) is 0 Å². The van der Waals surface area contributed by atoms with Crippen molar-refractivity contribution in [2.45, 2.75) is 6.42 Å². The van der Waals surface area contributed by atoms with Gasteiger partial charge in [0, 0.05) is 6.20 Å². The molecule has 1 aliphatic heterocycles. The first-order valence-corrected chi connectivity index (χ1v) is 6.69. The van der Waals surface area contributed by atoms with Crippen molar-refractivity contribution in [3.63, 3.8) is 0 Å². The highest BCUT2D eigenvalue weighted by Crippen LogP contribution is 2.24. The van der Waals surface area contributed by atoms with Gasteiger partial charge in [-0.1, -0.05) is 48.5 Å². The molecule has 0 unspecified atom stereocenters. The Balaban J connectivity index is 1.90. The Morgan fingerprint density at radius 2 is 1.43 bits per heavy atom. The molecule has 4 heteroatoms. The van der Waals surface area contributed by atoms with Gasteiger partial charge in [-0.05, 0) is 23.8 Å². The summed E-state index contributed by atoms with van der Waals surface area (Å²) in [4.78, 5) is 24.0. The molecule has 0 saturated carbocycles. The lowest BCUT2D eigenvalue weighted by Crippen LogP contribution is -2.37. The molecule has 1 aliphatic rings. The monoisotopic (exact) mass is 278 g/mol. The number of hydrazine groups is 1. The highest BCUT2D eigenvalue weighted by molar-refractivity contribution is 6.12. The SMILES string of the molecule is O=C1CC(=O)N(c2ccccc2)N1C=Cc1ccccc1.